The van der Waals surface area contributed by atoms with Crippen molar-refractivity contribution in [3.63, 3.8) is 0 Å². The zero-order valence-electron chi connectivity index (χ0n) is 7.66. The molecule has 0 heterocycles. The third kappa shape index (κ3) is 4.57. The second kappa shape index (κ2) is 6.54. The van der Waals surface area contributed by atoms with Crippen LogP contribution in [0.3, 0.4) is 0 Å². The molecule has 0 aliphatic rings. The smallest absolute Gasteiger partial charge is 0.0660 e. The molecule has 1 aromatic rings. The maximum Gasteiger partial charge on any atom is 0.0660 e. The summed E-state index contributed by atoms with van der Waals surface area (Å²) in [6.45, 7) is 2.81. The van der Waals surface area contributed by atoms with Crippen LogP contribution in [0.2, 0.25) is 0 Å². The van der Waals surface area contributed by atoms with Gasteiger partial charge in [-0.1, -0.05) is 36.3 Å². The molecule has 0 bridgehead atoms. The van der Waals surface area contributed by atoms with Crippen LogP contribution in [0.15, 0.2) is 30.3 Å². The molecule has 2 heteroatoms. The first kappa shape index (κ1) is 12.0. The number of hydrogen-bond acceptors (Lipinski definition) is 1. The van der Waals surface area contributed by atoms with Crippen LogP contribution in [0.1, 0.15) is 12.5 Å². The normalized spacial score (nSPS) is 11.1. The maximum absolute atomic E-state index is 5.22. The van der Waals surface area contributed by atoms with E-state index < -0.39 is 0 Å². The van der Waals surface area contributed by atoms with Gasteiger partial charge in [0.05, 0.1) is 6.04 Å². The highest BCUT2D eigenvalue weighted by molar-refractivity contribution is 5.85. The van der Waals surface area contributed by atoms with Crippen LogP contribution in [0.5, 0.6) is 0 Å². The lowest BCUT2D eigenvalue weighted by Crippen LogP contribution is -2.23. The number of benzene rings is 1. The fourth-order valence-electron chi connectivity index (χ4n) is 0.926. The van der Waals surface area contributed by atoms with Crippen LogP contribution in [0, 0.1) is 12.3 Å². The highest BCUT2D eigenvalue weighted by Gasteiger charge is 1.94. The molecule has 1 unspecified atom stereocenters. The molecule has 1 aromatic carbocycles. The third-order valence-electron chi connectivity index (χ3n) is 1.71. The van der Waals surface area contributed by atoms with Crippen molar-refractivity contribution in [3.05, 3.63) is 35.9 Å². The van der Waals surface area contributed by atoms with Crippen LogP contribution in [-0.4, -0.2) is 6.04 Å². The Labute approximate surface area is 86.0 Å². The Morgan fingerprint density at radius 3 is 2.54 bits per heavy atom. The molecule has 13 heavy (non-hydrogen) atoms. The van der Waals surface area contributed by atoms with Crippen molar-refractivity contribution >= 4 is 12.4 Å². The van der Waals surface area contributed by atoms with Gasteiger partial charge in [-0.3, -0.25) is 5.32 Å². The number of hydrogen-bond donors (Lipinski definition) is 1. The molecule has 1 rings (SSSR count). The molecular formula is C11H14ClN. The van der Waals surface area contributed by atoms with Crippen molar-refractivity contribution in [2.24, 2.45) is 0 Å². The minimum absolute atomic E-state index is 0. The van der Waals surface area contributed by atoms with Crippen LogP contribution in [-0.2, 0) is 6.54 Å². The van der Waals surface area contributed by atoms with E-state index in [4.69, 9.17) is 6.42 Å². The Morgan fingerprint density at radius 2 is 2.00 bits per heavy atom. The van der Waals surface area contributed by atoms with Gasteiger partial charge in [0.1, 0.15) is 0 Å². The zero-order valence-corrected chi connectivity index (χ0v) is 8.47. The SMILES string of the molecule is C#CC(C)NCc1ccccc1.Cl. The van der Waals surface area contributed by atoms with Gasteiger partial charge in [0.15, 0.2) is 0 Å². The molecular weight excluding hydrogens is 182 g/mol. The van der Waals surface area contributed by atoms with E-state index in [0.717, 1.165) is 6.54 Å². The van der Waals surface area contributed by atoms with Crippen molar-refractivity contribution in [1.82, 2.24) is 5.32 Å². The molecule has 0 radical (unpaired) electrons. The molecule has 0 aliphatic heterocycles. The monoisotopic (exact) mass is 195 g/mol. The van der Waals surface area contributed by atoms with Crippen molar-refractivity contribution in [1.29, 1.82) is 0 Å². The van der Waals surface area contributed by atoms with Crippen molar-refractivity contribution in [2.75, 3.05) is 0 Å². The summed E-state index contributed by atoms with van der Waals surface area (Å²) in [7, 11) is 0. The van der Waals surface area contributed by atoms with Gasteiger partial charge in [0, 0.05) is 6.54 Å². The number of rotatable bonds is 3. The van der Waals surface area contributed by atoms with Crippen molar-refractivity contribution in [3.8, 4) is 12.3 Å². The lowest BCUT2D eigenvalue weighted by atomic mass is 10.2. The predicted molar refractivity (Wildman–Crippen MR) is 58.8 cm³/mol. The summed E-state index contributed by atoms with van der Waals surface area (Å²) in [5, 5.41) is 3.21. The van der Waals surface area contributed by atoms with Gasteiger partial charge >= 0.3 is 0 Å². The van der Waals surface area contributed by atoms with Gasteiger partial charge in [-0.15, -0.1) is 18.8 Å². The number of halogens is 1. The fourth-order valence-corrected chi connectivity index (χ4v) is 0.926. The number of nitrogens with one attached hydrogen (secondary N) is 1. The van der Waals surface area contributed by atoms with Crippen LogP contribution in [0.25, 0.3) is 0 Å². The Balaban J connectivity index is 0.00000144. The average Bonchev–Trinajstić information content (AvgIpc) is 2.16. The third-order valence-corrected chi connectivity index (χ3v) is 1.71. The predicted octanol–water partition coefficient (Wildman–Crippen LogP) is 2.22. The summed E-state index contributed by atoms with van der Waals surface area (Å²) in [4.78, 5) is 0. The molecule has 0 saturated carbocycles. The molecule has 0 fully saturated rings. The van der Waals surface area contributed by atoms with Crippen molar-refractivity contribution in [2.45, 2.75) is 19.5 Å². The highest BCUT2D eigenvalue weighted by atomic mass is 35.5. The van der Waals surface area contributed by atoms with Gasteiger partial charge in [-0.25, -0.2) is 0 Å². The van der Waals surface area contributed by atoms with E-state index in [0.29, 0.717) is 0 Å². The first-order valence-corrected chi connectivity index (χ1v) is 4.06. The standard InChI is InChI=1S/C11H13N.ClH/c1-3-10(2)12-9-11-7-5-4-6-8-11;/h1,4-8,10,12H,9H2,2H3;1H. The summed E-state index contributed by atoms with van der Waals surface area (Å²) in [6.07, 6.45) is 5.22. The van der Waals surface area contributed by atoms with Gasteiger partial charge in [0.25, 0.3) is 0 Å². The second-order valence-corrected chi connectivity index (χ2v) is 2.75. The average molecular weight is 196 g/mol. The Hall–Kier alpha value is -0.970. The summed E-state index contributed by atoms with van der Waals surface area (Å²) >= 11 is 0. The van der Waals surface area contributed by atoms with Crippen LogP contribution >= 0.6 is 12.4 Å². The van der Waals surface area contributed by atoms with E-state index in [9.17, 15) is 0 Å². The maximum atomic E-state index is 5.22. The molecule has 0 aliphatic carbocycles. The summed E-state index contributed by atoms with van der Waals surface area (Å²) in [5.41, 5.74) is 1.26. The van der Waals surface area contributed by atoms with E-state index in [2.05, 4.69) is 23.4 Å². The van der Waals surface area contributed by atoms with Crippen molar-refractivity contribution < 1.29 is 0 Å². The van der Waals surface area contributed by atoms with Crippen LogP contribution < -0.4 is 5.32 Å². The van der Waals surface area contributed by atoms with E-state index in [-0.39, 0.29) is 18.4 Å². The largest absolute Gasteiger partial charge is 0.300 e. The Kier molecular flexibility index (Phi) is 6.05. The minimum atomic E-state index is 0. The van der Waals surface area contributed by atoms with Gasteiger partial charge in [-0.2, -0.15) is 0 Å². The van der Waals surface area contributed by atoms with Gasteiger partial charge in [0.2, 0.25) is 0 Å². The fraction of sp³-hybridized carbons (Fsp3) is 0.273. The lowest BCUT2D eigenvalue weighted by molar-refractivity contribution is 0.648. The lowest BCUT2D eigenvalue weighted by Gasteiger charge is -2.06. The molecule has 70 valence electrons. The molecule has 1 atom stereocenters. The van der Waals surface area contributed by atoms with E-state index >= 15 is 0 Å². The first-order chi connectivity index (χ1) is 5.83. The van der Waals surface area contributed by atoms with Crippen LogP contribution in [0.4, 0.5) is 0 Å². The second-order valence-electron chi connectivity index (χ2n) is 2.75. The van der Waals surface area contributed by atoms with Gasteiger partial charge < -0.3 is 0 Å². The molecule has 0 saturated heterocycles. The first-order valence-electron chi connectivity index (χ1n) is 4.06. The topological polar surface area (TPSA) is 12.0 Å². The minimum Gasteiger partial charge on any atom is -0.300 e. The van der Waals surface area contributed by atoms with E-state index in [1.807, 2.05) is 25.1 Å². The van der Waals surface area contributed by atoms with E-state index in [1.54, 1.807) is 0 Å². The zero-order chi connectivity index (χ0) is 8.81. The number of terminal acetylenes is 1. The molecule has 1 N–H and O–H groups in total. The molecule has 1 nitrogen and oxygen atoms in total. The van der Waals surface area contributed by atoms with E-state index in [1.165, 1.54) is 5.56 Å². The Morgan fingerprint density at radius 1 is 1.38 bits per heavy atom. The summed E-state index contributed by atoms with van der Waals surface area (Å²) in [5.74, 6) is 2.62. The van der Waals surface area contributed by atoms with Gasteiger partial charge in [-0.05, 0) is 12.5 Å². The molecule has 0 aromatic heterocycles. The summed E-state index contributed by atoms with van der Waals surface area (Å²) in [6, 6.07) is 10.4. The summed E-state index contributed by atoms with van der Waals surface area (Å²) < 4.78 is 0. The quantitative estimate of drug-likeness (QED) is 0.730. The highest BCUT2D eigenvalue weighted by Crippen LogP contribution is 1.97. The molecule has 0 amide bonds. The molecule has 0 spiro atoms. The Bertz CT molecular complexity index is 263.